The third kappa shape index (κ3) is 3.18. The van der Waals surface area contributed by atoms with Gasteiger partial charge in [-0.1, -0.05) is 6.92 Å². The number of pyridine rings is 1. The van der Waals surface area contributed by atoms with Crippen molar-refractivity contribution in [1.29, 1.82) is 0 Å². The maximum Gasteiger partial charge on any atom is 0.160 e. The Morgan fingerprint density at radius 3 is 2.52 bits per heavy atom. The molecule has 0 aromatic carbocycles. The summed E-state index contributed by atoms with van der Waals surface area (Å²) in [6.07, 6.45) is 7.00. The molecule has 23 heavy (non-hydrogen) atoms. The van der Waals surface area contributed by atoms with Gasteiger partial charge in [-0.3, -0.25) is 0 Å². The number of imidazole rings is 1. The molecule has 1 saturated heterocycles. The fraction of sp³-hybridized carbons (Fsp3) is 0.588. The summed E-state index contributed by atoms with van der Waals surface area (Å²) in [6.45, 7) is 8.34. The van der Waals surface area contributed by atoms with E-state index in [1.807, 2.05) is 0 Å². The zero-order valence-electron chi connectivity index (χ0n) is 13.7. The lowest BCUT2D eigenvalue weighted by atomic mass is 10.1. The standard InChI is InChI=1S/C17H25N5.ClH/c1-2-20-5-7-21(8-6-20)16-9-14(13-3-4-13)11-22-12-15(10-18)19-17(16)22;/h9,11-13H,2-8,10,18H2,1H3;1H. The van der Waals surface area contributed by atoms with Crippen LogP contribution in [-0.2, 0) is 6.54 Å². The molecule has 0 spiro atoms. The Labute approximate surface area is 143 Å². The van der Waals surface area contributed by atoms with E-state index in [1.54, 1.807) is 0 Å². The molecule has 1 saturated carbocycles. The summed E-state index contributed by atoms with van der Waals surface area (Å²) in [5.41, 5.74) is 10.6. The molecule has 6 heteroatoms. The lowest BCUT2D eigenvalue weighted by Crippen LogP contribution is -2.46. The summed E-state index contributed by atoms with van der Waals surface area (Å²) in [7, 11) is 0. The van der Waals surface area contributed by atoms with Crippen LogP contribution < -0.4 is 10.6 Å². The maximum absolute atomic E-state index is 5.79. The number of halogens is 1. The Balaban J connectivity index is 0.00000156. The van der Waals surface area contributed by atoms with E-state index < -0.39 is 0 Å². The van der Waals surface area contributed by atoms with Crippen LogP contribution in [0, 0.1) is 0 Å². The van der Waals surface area contributed by atoms with E-state index in [0.29, 0.717) is 6.54 Å². The third-order valence-electron chi connectivity index (χ3n) is 5.02. The predicted molar refractivity (Wildman–Crippen MR) is 96.6 cm³/mol. The molecule has 126 valence electrons. The minimum absolute atomic E-state index is 0. The highest BCUT2D eigenvalue weighted by molar-refractivity contribution is 5.85. The number of piperazine rings is 1. The van der Waals surface area contributed by atoms with Gasteiger partial charge in [-0.15, -0.1) is 12.4 Å². The molecule has 0 unspecified atom stereocenters. The zero-order chi connectivity index (χ0) is 15.1. The van der Waals surface area contributed by atoms with Gasteiger partial charge in [0, 0.05) is 45.1 Å². The van der Waals surface area contributed by atoms with Crippen molar-refractivity contribution in [1.82, 2.24) is 14.3 Å². The molecule has 1 aliphatic carbocycles. The molecule has 2 aliphatic rings. The van der Waals surface area contributed by atoms with Crippen LogP contribution in [0.4, 0.5) is 5.69 Å². The molecule has 2 fully saturated rings. The number of aromatic nitrogens is 2. The van der Waals surface area contributed by atoms with Crippen molar-refractivity contribution in [3.8, 4) is 0 Å². The van der Waals surface area contributed by atoms with Gasteiger partial charge in [-0.05, 0) is 36.9 Å². The highest BCUT2D eigenvalue weighted by Crippen LogP contribution is 2.41. The van der Waals surface area contributed by atoms with Crippen LogP contribution in [-0.4, -0.2) is 47.0 Å². The van der Waals surface area contributed by atoms with E-state index in [-0.39, 0.29) is 12.4 Å². The van der Waals surface area contributed by atoms with Crippen LogP contribution in [0.3, 0.4) is 0 Å². The summed E-state index contributed by atoms with van der Waals surface area (Å²) >= 11 is 0. The summed E-state index contributed by atoms with van der Waals surface area (Å²) in [6, 6.07) is 2.38. The average Bonchev–Trinajstić information content (AvgIpc) is 3.33. The minimum Gasteiger partial charge on any atom is -0.366 e. The Morgan fingerprint density at radius 1 is 1.17 bits per heavy atom. The molecule has 5 nitrogen and oxygen atoms in total. The normalized spacial score (nSPS) is 19.1. The van der Waals surface area contributed by atoms with Gasteiger partial charge in [-0.25, -0.2) is 4.98 Å². The monoisotopic (exact) mass is 335 g/mol. The van der Waals surface area contributed by atoms with E-state index in [9.17, 15) is 0 Å². The Kier molecular flexibility index (Phi) is 4.80. The third-order valence-corrected chi connectivity index (χ3v) is 5.02. The molecule has 3 heterocycles. The van der Waals surface area contributed by atoms with Gasteiger partial charge in [0.1, 0.15) is 0 Å². The zero-order valence-corrected chi connectivity index (χ0v) is 14.6. The van der Waals surface area contributed by atoms with E-state index in [0.717, 1.165) is 50.0 Å². The molecular formula is C17H26ClN5. The summed E-state index contributed by atoms with van der Waals surface area (Å²) in [5, 5.41) is 0. The first-order valence-electron chi connectivity index (χ1n) is 8.47. The Hall–Kier alpha value is -1.30. The number of nitrogens with two attached hydrogens (primary N) is 1. The van der Waals surface area contributed by atoms with Gasteiger partial charge in [-0.2, -0.15) is 0 Å². The van der Waals surface area contributed by atoms with Crippen molar-refractivity contribution < 1.29 is 0 Å². The number of hydrogen-bond acceptors (Lipinski definition) is 4. The Morgan fingerprint density at radius 2 is 1.91 bits per heavy atom. The number of fused-ring (bicyclic) bond motifs is 1. The number of anilines is 1. The van der Waals surface area contributed by atoms with E-state index in [4.69, 9.17) is 10.7 Å². The van der Waals surface area contributed by atoms with Crippen molar-refractivity contribution in [2.24, 2.45) is 5.73 Å². The predicted octanol–water partition coefficient (Wildman–Crippen LogP) is 2.23. The topological polar surface area (TPSA) is 49.8 Å². The smallest absolute Gasteiger partial charge is 0.160 e. The molecule has 2 N–H and O–H groups in total. The molecule has 1 aliphatic heterocycles. The lowest BCUT2D eigenvalue weighted by Gasteiger charge is -2.35. The first-order chi connectivity index (χ1) is 10.8. The maximum atomic E-state index is 5.79. The van der Waals surface area contributed by atoms with Crippen molar-refractivity contribution in [3.05, 3.63) is 29.7 Å². The van der Waals surface area contributed by atoms with Gasteiger partial charge < -0.3 is 19.9 Å². The van der Waals surface area contributed by atoms with Crippen LogP contribution in [0.2, 0.25) is 0 Å². The minimum atomic E-state index is 0. The van der Waals surface area contributed by atoms with Crippen molar-refractivity contribution >= 4 is 23.7 Å². The summed E-state index contributed by atoms with van der Waals surface area (Å²) in [4.78, 5) is 9.76. The Bertz CT molecular complexity index is 671. The van der Waals surface area contributed by atoms with Gasteiger partial charge in [0.05, 0.1) is 11.4 Å². The molecule has 0 amide bonds. The van der Waals surface area contributed by atoms with Crippen LogP contribution >= 0.6 is 12.4 Å². The second kappa shape index (κ2) is 6.67. The van der Waals surface area contributed by atoms with Crippen molar-refractivity contribution in [2.75, 3.05) is 37.6 Å². The van der Waals surface area contributed by atoms with Gasteiger partial charge in [0.15, 0.2) is 5.65 Å². The van der Waals surface area contributed by atoms with Crippen LogP contribution in [0.5, 0.6) is 0 Å². The molecule has 0 radical (unpaired) electrons. The first-order valence-corrected chi connectivity index (χ1v) is 8.47. The number of nitrogens with zero attached hydrogens (tertiary/aromatic N) is 4. The summed E-state index contributed by atoms with van der Waals surface area (Å²) < 4.78 is 2.19. The van der Waals surface area contributed by atoms with Crippen LogP contribution in [0.1, 0.15) is 36.9 Å². The molecular weight excluding hydrogens is 310 g/mol. The first kappa shape index (κ1) is 16.6. The highest BCUT2D eigenvalue weighted by Gasteiger charge is 2.27. The van der Waals surface area contributed by atoms with Crippen molar-refractivity contribution in [3.63, 3.8) is 0 Å². The average molecular weight is 336 g/mol. The fourth-order valence-corrected chi connectivity index (χ4v) is 3.43. The highest BCUT2D eigenvalue weighted by atomic mass is 35.5. The largest absolute Gasteiger partial charge is 0.366 e. The quantitative estimate of drug-likeness (QED) is 0.931. The van der Waals surface area contributed by atoms with Gasteiger partial charge in [0.25, 0.3) is 0 Å². The van der Waals surface area contributed by atoms with E-state index in [2.05, 4.69) is 39.6 Å². The molecule has 2 aromatic rings. The molecule has 0 atom stereocenters. The lowest BCUT2D eigenvalue weighted by molar-refractivity contribution is 0.271. The van der Waals surface area contributed by atoms with Crippen LogP contribution in [0.25, 0.3) is 5.65 Å². The number of rotatable bonds is 4. The SMILES string of the molecule is CCN1CCN(c2cc(C3CC3)cn3cc(CN)nc23)CC1.Cl. The van der Waals surface area contributed by atoms with Gasteiger partial charge in [0.2, 0.25) is 0 Å². The number of likely N-dealkylation sites (N-methyl/N-ethyl adjacent to an activating group) is 1. The second-order valence-corrected chi connectivity index (χ2v) is 6.52. The molecule has 0 bridgehead atoms. The molecule has 2 aromatic heterocycles. The fourth-order valence-electron chi connectivity index (χ4n) is 3.43. The molecule has 4 rings (SSSR count). The van der Waals surface area contributed by atoms with E-state index >= 15 is 0 Å². The number of hydrogen-bond donors (Lipinski definition) is 1. The summed E-state index contributed by atoms with van der Waals surface area (Å²) in [5.74, 6) is 0.754. The van der Waals surface area contributed by atoms with Crippen LogP contribution in [0.15, 0.2) is 18.5 Å². The second-order valence-electron chi connectivity index (χ2n) is 6.52. The van der Waals surface area contributed by atoms with Crippen molar-refractivity contribution in [2.45, 2.75) is 32.2 Å². The van der Waals surface area contributed by atoms with Gasteiger partial charge >= 0.3 is 0 Å². The van der Waals surface area contributed by atoms with E-state index in [1.165, 1.54) is 24.1 Å².